The molecule has 6 heteroatoms. The summed E-state index contributed by atoms with van der Waals surface area (Å²) in [5, 5.41) is 6.50. The van der Waals surface area contributed by atoms with Gasteiger partial charge in [0.25, 0.3) is 0 Å². The van der Waals surface area contributed by atoms with Crippen LogP contribution in [0.2, 0.25) is 0 Å². The highest BCUT2D eigenvalue weighted by molar-refractivity contribution is 14.0. The Morgan fingerprint density at radius 2 is 1.59 bits per heavy atom. The van der Waals surface area contributed by atoms with Crippen LogP contribution in [-0.2, 0) is 17.8 Å². The van der Waals surface area contributed by atoms with Crippen molar-refractivity contribution in [2.24, 2.45) is 4.99 Å². The number of carbonyl (C=O) groups excluding carboxylic acids is 1. The number of aryl methyl sites for hydroxylation is 1. The Labute approximate surface area is 192 Å². The summed E-state index contributed by atoms with van der Waals surface area (Å²) in [4.78, 5) is 18.7. The van der Waals surface area contributed by atoms with Crippen molar-refractivity contribution in [2.45, 2.75) is 32.7 Å². The molecule has 0 aromatic heterocycles. The molecule has 0 saturated carbocycles. The van der Waals surface area contributed by atoms with E-state index < -0.39 is 0 Å². The van der Waals surface area contributed by atoms with Gasteiger partial charge in [-0.1, -0.05) is 60.7 Å². The van der Waals surface area contributed by atoms with Gasteiger partial charge >= 0.3 is 0 Å². The Balaban J connectivity index is 0.00000420. The van der Waals surface area contributed by atoms with E-state index in [0.29, 0.717) is 19.5 Å². The molecule has 0 bridgehead atoms. The summed E-state index contributed by atoms with van der Waals surface area (Å²) in [6.45, 7) is 4.80. The van der Waals surface area contributed by atoms with Gasteiger partial charge in [-0.15, -0.1) is 24.0 Å². The number of guanidine groups is 1. The lowest BCUT2D eigenvalue weighted by Crippen LogP contribution is -2.39. The van der Waals surface area contributed by atoms with Crippen LogP contribution in [-0.4, -0.2) is 43.4 Å². The molecule has 0 radical (unpaired) electrons. The molecule has 5 nitrogen and oxygen atoms in total. The number of nitrogens with zero attached hydrogens (tertiary/aromatic N) is 2. The molecule has 0 saturated heterocycles. The summed E-state index contributed by atoms with van der Waals surface area (Å²) >= 11 is 0. The highest BCUT2D eigenvalue weighted by atomic mass is 127. The lowest BCUT2D eigenvalue weighted by Gasteiger charge is -2.18. The third-order valence-corrected chi connectivity index (χ3v) is 4.40. The maximum absolute atomic E-state index is 12.3. The van der Waals surface area contributed by atoms with Crippen molar-refractivity contribution >= 4 is 35.8 Å². The predicted octanol–water partition coefficient (Wildman–Crippen LogP) is 3.84. The zero-order valence-electron chi connectivity index (χ0n) is 17.4. The fourth-order valence-electron chi connectivity index (χ4n) is 2.88. The Kier molecular flexibility index (Phi) is 12.8. The van der Waals surface area contributed by atoms with Crippen LogP contribution in [0.5, 0.6) is 0 Å². The van der Waals surface area contributed by atoms with Gasteiger partial charge in [0.15, 0.2) is 5.96 Å². The number of nitrogens with one attached hydrogen (secondary N) is 2. The molecule has 0 aliphatic rings. The first-order valence-electron chi connectivity index (χ1n) is 10.0. The quantitative estimate of drug-likeness (QED) is 0.222. The summed E-state index contributed by atoms with van der Waals surface area (Å²) in [5.74, 6) is 0.894. The minimum absolute atomic E-state index is 0. The lowest BCUT2D eigenvalue weighted by molar-refractivity contribution is -0.130. The molecular weight excluding hydrogens is 475 g/mol. The van der Waals surface area contributed by atoms with Crippen LogP contribution in [0, 0.1) is 0 Å². The maximum atomic E-state index is 12.3. The van der Waals surface area contributed by atoms with Crippen molar-refractivity contribution in [3.05, 3.63) is 71.8 Å². The molecule has 0 atom stereocenters. The molecule has 29 heavy (non-hydrogen) atoms. The third-order valence-electron chi connectivity index (χ3n) is 4.40. The van der Waals surface area contributed by atoms with Crippen LogP contribution in [0.25, 0.3) is 0 Å². The van der Waals surface area contributed by atoms with E-state index in [1.807, 2.05) is 50.4 Å². The molecule has 2 rings (SSSR count). The molecule has 0 fully saturated rings. The van der Waals surface area contributed by atoms with E-state index in [1.54, 1.807) is 4.90 Å². The Morgan fingerprint density at radius 1 is 0.966 bits per heavy atom. The van der Waals surface area contributed by atoms with Crippen molar-refractivity contribution in [2.75, 3.05) is 26.7 Å². The summed E-state index contributed by atoms with van der Waals surface area (Å²) in [7, 11) is 1.85. The first-order valence-corrected chi connectivity index (χ1v) is 10.0. The minimum Gasteiger partial charge on any atom is -0.357 e. The monoisotopic (exact) mass is 508 g/mol. The van der Waals surface area contributed by atoms with Crippen LogP contribution in [0.1, 0.15) is 30.9 Å². The van der Waals surface area contributed by atoms with Gasteiger partial charge in [0.2, 0.25) is 5.91 Å². The van der Waals surface area contributed by atoms with Gasteiger partial charge in [-0.3, -0.25) is 9.79 Å². The molecule has 1 amide bonds. The normalized spacial score (nSPS) is 10.8. The lowest BCUT2D eigenvalue weighted by atomic mass is 10.1. The molecule has 0 aliphatic heterocycles. The van der Waals surface area contributed by atoms with Crippen LogP contribution in [0.15, 0.2) is 65.7 Å². The molecule has 0 heterocycles. The topological polar surface area (TPSA) is 56.7 Å². The number of aliphatic imine (C=N–C) groups is 1. The van der Waals surface area contributed by atoms with E-state index in [-0.39, 0.29) is 29.9 Å². The summed E-state index contributed by atoms with van der Waals surface area (Å²) in [6, 6.07) is 20.5. The van der Waals surface area contributed by atoms with E-state index in [0.717, 1.165) is 37.5 Å². The van der Waals surface area contributed by atoms with Gasteiger partial charge < -0.3 is 15.5 Å². The molecule has 2 N–H and O–H groups in total. The Hall–Kier alpha value is -2.09. The summed E-state index contributed by atoms with van der Waals surface area (Å²) < 4.78 is 0. The van der Waals surface area contributed by atoms with Gasteiger partial charge in [-0.25, -0.2) is 0 Å². The zero-order chi connectivity index (χ0) is 20.0. The second-order valence-corrected chi connectivity index (χ2v) is 6.76. The van der Waals surface area contributed by atoms with E-state index in [4.69, 9.17) is 0 Å². The fraction of sp³-hybridized carbons (Fsp3) is 0.391. The molecule has 0 aliphatic carbocycles. The molecule has 0 spiro atoms. The van der Waals surface area contributed by atoms with Crippen molar-refractivity contribution in [3.8, 4) is 0 Å². The van der Waals surface area contributed by atoms with Gasteiger partial charge in [0.1, 0.15) is 0 Å². The molecule has 0 unspecified atom stereocenters. The van der Waals surface area contributed by atoms with Gasteiger partial charge in [0.05, 0.1) is 0 Å². The number of benzene rings is 2. The minimum atomic E-state index is 0. The van der Waals surface area contributed by atoms with Crippen molar-refractivity contribution in [3.63, 3.8) is 0 Å². The Morgan fingerprint density at radius 3 is 2.21 bits per heavy atom. The number of carbonyl (C=O) groups is 1. The number of hydrogen-bond donors (Lipinski definition) is 2. The average molecular weight is 508 g/mol. The Bertz CT molecular complexity index is 722. The molecule has 2 aromatic carbocycles. The number of hydrogen-bond acceptors (Lipinski definition) is 2. The maximum Gasteiger partial charge on any atom is 0.224 e. The number of amides is 1. The standard InChI is InChI=1S/C23H32N4O.HI/c1-3-24-23(25-17-10-15-20-11-6-4-7-12-20)26-18-16-22(28)27(2)19-21-13-8-5-9-14-21;/h4-9,11-14H,3,10,15-19H2,1-2H3,(H2,24,25,26);1H. The van der Waals surface area contributed by atoms with Crippen molar-refractivity contribution in [1.29, 1.82) is 0 Å². The van der Waals surface area contributed by atoms with Crippen LogP contribution in [0.3, 0.4) is 0 Å². The van der Waals surface area contributed by atoms with Crippen LogP contribution in [0.4, 0.5) is 0 Å². The highest BCUT2D eigenvalue weighted by Crippen LogP contribution is 2.04. The first-order chi connectivity index (χ1) is 13.7. The second-order valence-electron chi connectivity index (χ2n) is 6.76. The van der Waals surface area contributed by atoms with Gasteiger partial charge in [0, 0.05) is 39.6 Å². The van der Waals surface area contributed by atoms with Crippen molar-refractivity contribution < 1.29 is 4.79 Å². The second kappa shape index (κ2) is 14.8. The van der Waals surface area contributed by atoms with E-state index in [9.17, 15) is 4.79 Å². The van der Waals surface area contributed by atoms with E-state index >= 15 is 0 Å². The third kappa shape index (κ3) is 10.3. The molecular formula is C23H33IN4O. The first kappa shape index (κ1) is 24.9. The molecule has 158 valence electrons. The summed E-state index contributed by atoms with van der Waals surface area (Å²) in [6.07, 6.45) is 2.46. The SMILES string of the molecule is CCNC(=NCCCc1ccccc1)NCCC(=O)N(C)Cc1ccccc1.I. The fourth-order valence-corrected chi connectivity index (χ4v) is 2.88. The smallest absolute Gasteiger partial charge is 0.224 e. The zero-order valence-corrected chi connectivity index (χ0v) is 19.8. The summed E-state index contributed by atoms with van der Waals surface area (Å²) in [5.41, 5.74) is 2.47. The van der Waals surface area contributed by atoms with Crippen molar-refractivity contribution in [1.82, 2.24) is 15.5 Å². The van der Waals surface area contributed by atoms with Crippen LogP contribution >= 0.6 is 24.0 Å². The highest BCUT2D eigenvalue weighted by Gasteiger charge is 2.09. The van der Waals surface area contributed by atoms with Crippen LogP contribution < -0.4 is 10.6 Å². The average Bonchev–Trinajstić information content (AvgIpc) is 2.72. The number of halogens is 1. The molecule has 2 aromatic rings. The van der Waals surface area contributed by atoms with E-state index in [1.165, 1.54) is 5.56 Å². The van der Waals surface area contributed by atoms with Gasteiger partial charge in [-0.05, 0) is 30.9 Å². The largest absolute Gasteiger partial charge is 0.357 e. The predicted molar refractivity (Wildman–Crippen MR) is 132 cm³/mol. The van der Waals surface area contributed by atoms with E-state index in [2.05, 4.69) is 39.9 Å². The number of rotatable bonds is 10. The van der Waals surface area contributed by atoms with Gasteiger partial charge in [-0.2, -0.15) is 0 Å².